The number of nitrogen functional groups attached to an aromatic ring is 1. The van der Waals surface area contributed by atoms with Gasteiger partial charge in [0, 0.05) is 17.8 Å². The summed E-state index contributed by atoms with van der Waals surface area (Å²) in [5, 5.41) is 11.3. The fourth-order valence-corrected chi connectivity index (χ4v) is 8.80. The number of non-ortho nitro benzene ring substituents is 1. The molecule has 3 unspecified atom stereocenters. The van der Waals surface area contributed by atoms with Crippen LogP contribution in [0.25, 0.3) is 0 Å². The normalized spacial score (nSPS) is 30.4. The van der Waals surface area contributed by atoms with Gasteiger partial charge >= 0.3 is 0 Å². The highest BCUT2D eigenvalue weighted by Crippen LogP contribution is 2.67. The molecule has 7 nitrogen and oxygen atoms in total. The number of benzene rings is 3. The maximum absolute atomic E-state index is 13.3. The number of hydrogen-bond donors (Lipinski definition) is 1. The predicted molar refractivity (Wildman–Crippen MR) is 141 cm³/mol. The Kier molecular flexibility index (Phi) is 5.47. The van der Waals surface area contributed by atoms with Crippen molar-refractivity contribution in [2.45, 2.75) is 60.9 Å². The van der Waals surface area contributed by atoms with Crippen LogP contribution >= 0.6 is 0 Å². The van der Waals surface area contributed by atoms with E-state index in [4.69, 9.17) is 9.92 Å². The van der Waals surface area contributed by atoms with Crippen LogP contribution in [0.5, 0.6) is 0 Å². The lowest BCUT2D eigenvalue weighted by Gasteiger charge is -2.64. The molecule has 4 saturated carbocycles. The van der Waals surface area contributed by atoms with Crippen LogP contribution in [-0.2, 0) is 25.1 Å². The Balaban J connectivity index is 1.38. The van der Waals surface area contributed by atoms with Crippen LogP contribution in [0.2, 0.25) is 0 Å². The van der Waals surface area contributed by atoms with Gasteiger partial charge in [-0.2, -0.15) is 8.42 Å². The summed E-state index contributed by atoms with van der Waals surface area (Å²) in [4.78, 5) is 11.1. The molecule has 0 amide bonds. The van der Waals surface area contributed by atoms with Crippen LogP contribution in [0, 0.1) is 28.9 Å². The molecule has 2 N–H and O–H groups in total. The Morgan fingerprint density at radius 3 is 1.81 bits per heavy atom. The summed E-state index contributed by atoms with van der Waals surface area (Å²) in [6.07, 6.45) is 3.82. The highest BCUT2D eigenvalue weighted by molar-refractivity contribution is 7.86. The standard InChI is InChI=1S/C29H30N2O5S/c1-19-2-12-26(13-3-19)37(34,35)36-27-20-14-28(22-4-8-24(30)9-5-22)15-21(27)17-29(16-20,18-28)23-6-10-25(11-7-23)31(32)33/h2-13,20-21,27H,14-18,30H2,1H3/t20-,21+,27?,28?,29?. The summed E-state index contributed by atoms with van der Waals surface area (Å²) in [5.41, 5.74) is 9.78. The lowest BCUT2D eigenvalue weighted by atomic mass is 9.41. The molecular weight excluding hydrogens is 488 g/mol. The van der Waals surface area contributed by atoms with Crippen molar-refractivity contribution in [2.24, 2.45) is 11.8 Å². The third kappa shape index (κ3) is 4.03. The molecule has 0 aromatic heterocycles. The highest BCUT2D eigenvalue weighted by Gasteiger charge is 2.63. The average molecular weight is 519 g/mol. The van der Waals surface area contributed by atoms with E-state index >= 15 is 0 Å². The molecule has 5 atom stereocenters. The lowest BCUT2D eigenvalue weighted by molar-refractivity contribution is -0.384. The van der Waals surface area contributed by atoms with E-state index in [2.05, 4.69) is 12.1 Å². The molecule has 4 aliphatic carbocycles. The fraction of sp³-hybridized carbons (Fsp3) is 0.379. The van der Waals surface area contributed by atoms with E-state index in [9.17, 15) is 18.5 Å². The van der Waals surface area contributed by atoms with Gasteiger partial charge in [-0.1, -0.05) is 42.0 Å². The van der Waals surface area contributed by atoms with Crippen molar-refractivity contribution in [1.29, 1.82) is 0 Å². The summed E-state index contributed by atoms with van der Waals surface area (Å²) in [6.45, 7) is 1.92. The van der Waals surface area contributed by atoms with Crippen LogP contribution in [0.15, 0.2) is 77.7 Å². The number of nitrogens with zero attached hydrogens (tertiary/aromatic N) is 1. The Labute approximate surface area is 216 Å². The number of nitro benzene ring substituents is 1. The van der Waals surface area contributed by atoms with Gasteiger partial charge in [-0.05, 0) is 97.1 Å². The van der Waals surface area contributed by atoms with Gasteiger partial charge in [-0.25, -0.2) is 0 Å². The van der Waals surface area contributed by atoms with Gasteiger partial charge in [0.15, 0.2) is 0 Å². The molecule has 0 radical (unpaired) electrons. The van der Waals surface area contributed by atoms with Gasteiger partial charge in [-0.15, -0.1) is 0 Å². The quantitative estimate of drug-likeness (QED) is 0.195. The van der Waals surface area contributed by atoms with Gasteiger partial charge in [-0.3, -0.25) is 14.3 Å². The first-order chi connectivity index (χ1) is 17.6. The number of aryl methyl sites for hydroxylation is 1. The molecule has 4 fully saturated rings. The second-order valence-corrected chi connectivity index (χ2v) is 12.9. The van der Waals surface area contributed by atoms with Gasteiger partial charge in [0.1, 0.15) is 0 Å². The minimum atomic E-state index is -3.90. The molecule has 7 rings (SSSR count). The van der Waals surface area contributed by atoms with Crippen molar-refractivity contribution in [3.8, 4) is 0 Å². The first kappa shape index (κ1) is 24.1. The number of hydrogen-bond acceptors (Lipinski definition) is 6. The van der Waals surface area contributed by atoms with Gasteiger partial charge in [0.05, 0.1) is 15.9 Å². The Bertz CT molecular complexity index is 1430. The van der Waals surface area contributed by atoms with Crippen molar-refractivity contribution in [3.05, 3.63) is 99.6 Å². The molecule has 3 aromatic rings. The minimum Gasteiger partial charge on any atom is -0.399 e. The molecule has 0 spiro atoms. The van der Waals surface area contributed by atoms with Crippen LogP contribution in [-0.4, -0.2) is 19.4 Å². The van der Waals surface area contributed by atoms with Crippen LogP contribution in [0.3, 0.4) is 0 Å². The molecule has 0 saturated heterocycles. The maximum Gasteiger partial charge on any atom is 0.297 e. The first-order valence-corrected chi connectivity index (χ1v) is 14.1. The number of nitrogens with two attached hydrogens (primary N) is 1. The largest absolute Gasteiger partial charge is 0.399 e. The first-order valence-electron chi connectivity index (χ1n) is 12.7. The van der Waals surface area contributed by atoms with E-state index in [-0.39, 0.29) is 44.3 Å². The molecule has 0 heterocycles. The molecule has 0 aliphatic heterocycles. The Hall–Kier alpha value is -3.23. The molecule has 4 aliphatic rings. The number of anilines is 1. The van der Waals surface area contributed by atoms with Crippen LogP contribution in [0.4, 0.5) is 11.4 Å². The van der Waals surface area contributed by atoms with Gasteiger partial charge < -0.3 is 5.73 Å². The van der Waals surface area contributed by atoms with Crippen LogP contribution < -0.4 is 5.73 Å². The molecule has 4 bridgehead atoms. The lowest BCUT2D eigenvalue weighted by Crippen LogP contribution is -2.62. The Morgan fingerprint density at radius 1 is 0.838 bits per heavy atom. The van der Waals surface area contributed by atoms with E-state index in [0.29, 0.717) is 5.69 Å². The molecular formula is C29H30N2O5S. The summed E-state index contributed by atoms with van der Waals surface area (Å²) >= 11 is 0. The smallest absolute Gasteiger partial charge is 0.297 e. The van der Waals surface area contributed by atoms with E-state index in [1.54, 1.807) is 36.4 Å². The summed E-state index contributed by atoms with van der Waals surface area (Å²) < 4.78 is 32.6. The van der Waals surface area contributed by atoms with Crippen molar-refractivity contribution in [3.63, 3.8) is 0 Å². The monoisotopic (exact) mass is 518 g/mol. The molecule has 3 aromatic carbocycles. The average Bonchev–Trinajstić information content (AvgIpc) is 2.86. The molecule has 8 heteroatoms. The number of nitro groups is 1. The van der Waals surface area contributed by atoms with E-state index in [1.165, 1.54) is 5.56 Å². The summed E-state index contributed by atoms with van der Waals surface area (Å²) in [7, 11) is -3.90. The van der Waals surface area contributed by atoms with E-state index < -0.39 is 10.1 Å². The van der Waals surface area contributed by atoms with E-state index in [0.717, 1.165) is 43.2 Å². The summed E-state index contributed by atoms with van der Waals surface area (Å²) in [5.74, 6) is 0.100. The second-order valence-electron chi connectivity index (χ2n) is 11.3. The SMILES string of the molecule is Cc1ccc(S(=O)(=O)OC2[C@@H]3CC4(c5ccc(N)cc5)C[C@H]2CC(c2ccc([N+](=O)[O-])cc2)(C3)C4)cc1. The van der Waals surface area contributed by atoms with Crippen molar-refractivity contribution in [2.75, 3.05) is 5.73 Å². The van der Waals surface area contributed by atoms with Crippen molar-refractivity contribution >= 4 is 21.5 Å². The van der Waals surface area contributed by atoms with Crippen LogP contribution in [0.1, 0.15) is 48.8 Å². The zero-order valence-electron chi connectivity index (χ0n) is 20.7. The van der Waals surface area contributed by atoms with E-state index in [1.807, 2.05) is 31.2 Å². The van der Waals surface area contributed by atoms with Gasteiger partial charge in [0.2, 0.25) is 0 Å². The third-order valence-electron chi connectivity index (χ3n) is 8.98. The van der Waals surface area contributed by atoms with Crippen molar-refractivity contribution in [1.82, 2.24) is 0 Å². The highest BCUT2D eigenvalue weighted by atomic mass is 32.2. The maximum atomic E-state index is 13.3. The predicted octanol–water partition coefficient (Wildman–Crippen LogP) is 5.66. The zero-order chi connectivity index (χ0) is 26.0. The Morgan fingerprint density at radius 2 is 1.32 bits per heavy atom. The second kappa shape index (κ2) is 8.39. The van der Waals surface area contributed by atoms with Gasteiger partial charge in [0.25, 0.3) is 15.8 Å². The zero-order valence-corrected chi connectivity index (χ0v) is 21.5. The minimum absolute atomic E-state index is 0.0502. The third-order valence-corrected chi connectivity index (χ3v) is 10.3. The molecule has 37 heavy (non-hydrogen) atoms. The molecule has 192 valence electrons. The van der Waals surface area contributed by atoms with Crippen molar-refractivity contribution < 1.29 is 17.5 Å². The topological polar surface area (TPSA) is 113 Å². The summed E-state index contributed by atoms with van der Waals surface area (Å²) in [6, 6.07) is 21.8. The fourth-order valence-electron chi connectivity index (χ4n) is 7.62. The number of rotatable bonds is 6.